The number of phenolic OH excluding ortho intramolecular Hbond substituents is 1. The Balaban J connectivity index is 2.20. The molecule has 1 heterocycles. The molecule has 1 saturated heterocycles. The van der Waals surface area contributed by atoms with Gasteiger partial charge in [0.05, 0.1) is 7.11 Å². The first-order valence-corrected chi connectivity index (χ1v) is 6.31. The number of likely N-dealkylation sites (tertiary alicyclic amines) is 1. The molecule has 2 rings (SSSR count). The van der Waals surface area contributed by atoms with Crippen LogP contribution in [0.4, 0.5) is 0 Å². The molecule has 1 amide bonds. The second-order valence-corrected chi connectivity index (χ2v) is 4.58. The summed E-state index contributed by atoms with van der Waals surface area (Å²) in [6, 6.07) is 5.54. The molecule has 19 heavy (non-hydrogen) atoms. The molecule has 0 radical (unpaired) electrons. The zero-order valence-electron chi connectivity index (χ0n) is 10.8. The quantitative estimate of drug-likeness (QED) is 0.822. The van der Waals surface area contributed by atoms with E-state index < -0.39 is 6.04 Å². The maximum Gasteiger partial charge on any atom is 0.328 e. The van der Waals surface area contributed by atoms with E-state index in [0.29, 0.717) is 18.5 Å². The second kappa shape index (κ2) is 5.73. The topological polar surface area (TPSA) is 66.8 Å². The van der Waals surface area contributed by atoms with E-state index in [-0.39, 0.29) is 17.6 Å². The highest BCUT2D eigenvalue weighted by Gasteiger charge is 2.33. The number of phenols is 1. The number of piperidine rings is 1. The highest BCUT2D eigenvalue weighted by Crippen LogP contribution is 2.21. The predicted octanol–water partition coefficient (Wildman–Crippen LogP) is 1.56. The maximum absolute atomic E-state index is 12.4. The van der Waals surface area contributed by atoms with E-state index in [1.807, 2.05) is 0 Å². The van der Waals surface area contributed by atoms with Crippen molar-refractivity contribution >= 4 is 11.9 Å². The highest BCUT2D eigenvalue weighted by molar-refractivity contribution is 5.97. The van der Waals surface area contributed by atoms with Crippen LogP contribution in [0, 0.1) is 0 Å². The fourth-order valence-corrected chi connectivity index (χ4v) is 2.33. The van der Waals surface area contributed by atoms with Crippen LogP contribution in [0.1, 0.15) is 29.6 Å². The van der Waals surface area contributed by atoms with Gasteiger partial charge in [0.25, 0.3) is 5.91 Å². The minimum atomic E-state index is -0.500. The van der Waals surface area contributed by atoms with Gasteiger partial charge < -0.3 is 14.7 Å². The Labute approximate surface area is 111 Å². The smallest absolute Gasteiger partial charge is 0.328 e. The highest BCUT2D eigenvalue weighted by atomic mass is 16.5. The van der Waals surface area contributed by atoms with Crippen molar-refractivity contribution in [2.24, 2.45) is 0 Å². The van der Waals surface area contributed by atoms with Gasteiger partial charge in [0.15, 0.2) is 0 Å². The molecule has 1 aliphatic heterocycles. The van der Waals surface area contributed by atoms with Gasteiger partial charge in [-0.25, -0.2) is 4.79 Å². The van der Waals surface area contributed by atoms with Gasteiger partial charge >= 0.3 is 5.97 Å². The van der Waals surface area contributed by atoms with E-state index in [4.69, 9.17) is 4.74 Å². The summed E-state index contributed by atoms with van der Waals surface area (Å²) in [6.07, 6.45) is 2.44. The van der Waals surface area contributed by atoms with E-state index in [1.165, 1.54) is 19.2 Å². The van der Waals surface area contributed by atoms with Crippen molar-refractivity contribution in [2.75, 3.05) is 13.7 Å². The van der Waals surface area contributed by atoms with E-state index in [0.717, 1.165) is 12.8 Å². The van der Waals surface area contributed by atoms with E-state index >= 15 is 0 Å². The molecule has 5 nitrogen and oxygen atoms in total. The minimum Gasteiger partial charge on any atom is -0.508 e. The molecular formula is C14H17NO4. The van der Waals surface area contributed by atoms with Crippen molar-refractivity contribution in [3.05, 3.63) is 29.8 Å². The van der Waals surface area contributed by atoms with Crippen molar-refractivity contribution in [1.82, 2.24) is 4.90 Å². The van der Waals surface area contributed by atoms with E-state index in [9.17, 15) is 14.7 Å². The Morgan fingerprint density at radius 2 is 1.95 bits per heavy atom. The van der Waals surface area contributed by atoms with Crippen LogP contribution in [0.3, 0.4) is 0 Å². The molecular weight excluding hydrogens is 246 g/mol. The van der Waals surface area contributed by atoms with Crippen LogP contribution < -0.4 is 0 Å². The van der Waals surface area contributed by atoms with Gasteiger partial charge in [-0.1, -0.05) is 0 Å². The molecule has 1 atom stereocenters. The minimum absolute atomic E-state index is 0.111. The molecule has 1 aromatic rings. The van der Waals surface area contributed by atoms with Crippen molar-refractivity contribution in [3.8, 4) is 5.75 Å². The van der Waals surface area contributed by atoms with Crippen LogP contribution in [0.25, 0.3) is 0 Å². The third-order valence-electron chi connectivity index (χ3n) is 3.35. The lowest BCUT2D eigenvalue weighted by atomic mass is 10.0. The molecule has 1 N–H and O–H groups in total. The normalized spacial score (nSPS) is 19.0. The van der Waals surface area contributed by atoms with Gasteiger partial charge in [-0.3, -0.25) is 4.79 Å². The molecule has 5 heteroatoms. The first kappa shape index (κ1) is 13.4. The standard InChI is InChI=1S/C14H17NO4/c1-19-14(18)12-4-2-3-9-15(12)13(17)10-5-7-11(16)8-6-10/h5-8,12,16H,2-4,9H2,1H3/t12-/m1/s1. The number of methoxy groups -OCH3 is 1. The van der Waals surface area contributed by atoms with Crippen LogP contribution in [0.2, 0.25) is 0 Å². The average molecular weight is 263 g/mol. The molecule has 0 bridgehead atoms. The number of hydrogen-bond acceptors (Lipinski definition) is 4. The van der Waals surface area contributed by atoms with Gasteiger partial charge in [0, 0.05) is 12.1 Å². The number of aromatic hydroxyl groups is 1. The Morgan fingerprint density at radius 3 is 2.58 bits per heavy atom. The number of carbonyl (C=O) groups is 2. The van der Waals surface area contributed by atoms with E-state index in [1.54, 1.807) is 17.0 Å². The number of nitrogens with zero attached hydrogens (tertiary/aromatic N) is 1. The Bertz CT molecular complexity index is 469. The van der Waals surface area contributed by atoms with Crippen LogP contribution in [-0.4, -0.2) is 41.6 Å². The maximum atomic E-state index is 12.4. The SMILES string of the molecule is COC(=O)[C@H]1CCCCN1C(=O)c1ccc(O)cc1. The molecule has 0 saturated carbocycles. The van der Waals surface area contributed by atoms with Gasteiger partial charge in [-0.15, -0.1) is 0 Å². The van der Waals surface area contributed by atoms with Gasteiger partial charge in [-0.2, -0.15) is 0 Å². The molecule has 0 aliphatic carbocycles. The first-order chi connectivity index (χ1) is 9.13. The van der Waals surface area contributed by atoms with Gasteiger partial charge in [-0.05, 0) is 43.5 Å². The zero-order valence-corrected chi connectivity index (χ0v) is 10.8. The number of ether oxygens (including phenoxy) is 1. The fraction of sp³-hybridized carbons (Fsp3) is 0.429. The summed E-state index contributed by atoms with van der Waals surface area (Å²) in [5.41, 5.74) is 0.466. The Hall–Kier alpha value is -2.04. The van der Waals surface area contributed by atoms with Gasteiger partial charge in [0.1, 0.15) is 11.8 Å². The summed E-state index contributed by atoms with van der Waals surface area (Å²) in [4.78, 5) is 25.6. The molecule has 1 aliphatic rings. The molecule has 0 aromatic heterocycles. The lowest BCUT2D eigenvalue weighted by Gasteiger charge is -2.33. The Morgan fingerprint density at radius 1 is 1.26 bits per heavy atom. The zero-order chi connectivity index (χ0) is 13.8. The summed E-state index contributed by atoms with van der Waals surface area (Å²) >= 11 is 0. The lowest BCUT2D eigenvalue weighted by Crippen LogP contribution is -2.48. The summed E-state index contributed by atoms with van der Waals surface area (Å²) < 4.78 is 4.75. The lowest BCUT2D eigenvalue weighted by molar-refractivity contribution is -0.147. The van der Waals surface area contributed by atoms with Crippen molar-refractivity contribution in [1.29, 1.82) is 0 Å². The van der Waals surface area contributed by atoms with Crippen LogP contribution in [0.5, 0.6) is 5.75 Å². The number of esters is 1. The first-order valence-electron chi connectivity index (χ1n) is 6.31. The monoisotopic (exact) mass is 263 g/mol. The second-order valence-electron chi connectivity index (χ2n) is 4.58. The molecule has 1 aromatic carbocycles. The number of carbonyl (C=O) groups excluding carboxylic acids is 2. The van der Waals surface area contributed by atoms with Crippen molar-refractivity contribution < 1.29 is 19.4 Å². The van der Waals surface area contributed by atoms with Crippen LogP contribution >= 0.6 is 0 Å². The Kier molecular flexibility index (Phi) is 4.04. The summed E-state index contributed by atoms with van der Waals surface area (Å²) in [6.45, 7) is 0.555. The molecule has 102 valence electrons. The third kappa shape index (κ3) is 2.86. The van der Waals surface area contributed by atoms with Crippen LogP contribution in [-0.2, 0) is 9.53 Å². The number of hydrogen-bond donors (Lipinski definition) is 1. The van der Waals surface area contributed by atoms with Crippen LogP contribution in [0.15, 0.2) is 24.3 Å². The third-order valence-corrected chi connectivity index (χ3v) is 3.35. The number of rotatable bonds is 2. The predicted molar refractivity (Wildman–Crippen MR) is 68.8 cm³/mol. The molecule has 0 spiro atoms. The van der Waals surface area contributed by atoms with Crippen molar-refractivity contribution in [3.63, 3.8) is 0 Å². The number of amides is 1. The van der Waals surface area contributed by atoms with Crippen molar-refractivity contribution in [2.45, 2.75) is 25.3 Å². The fourth-order valence-electron chi connectivity index (χ4n) is 2.33. The largest absolute Gasteiger partial charge is 0.508 e. The van der Waals surface area contributed by atoms with E-state index in [2.05, 4.69) is 0 Å². The summed E-state index contributed by atoms with van der Waals surface area (Å²) in [5.74, 6) is -0.457. The number of benzene rings is 1. The summed E-state index contributed by atoms with van der Waals surface area (Å²) in [7, 11) is 1.33. The average Bonchev–Trinajstić information content (AvgIpc) is 2.46. The molecule has 1 fully saturated rings. The molecule has 0 unspecified atom stereocenters. The summed E-state index contributed by atoms with van der Waals surface area (Å²) in [5, 5.41) is 9.23. The van der Waals surface area contributed by atoms with Gasteiger partial charge in [0.2, 0.25) is 0 Å².